The van der Waals surface area contributed by atoms with Crippen molar-refractivity contribution in [3.8, 4) is 17.3 Å². The van der Waals surface area contributed by atoms with Crippen LogP contribution >= 0.6 is 0 Å². The third-order valence-electron chi connectivity index (χ3n) is 4.42. The maximum Gasteiger partial charge on any atom is 0.217 e. The first-order valence-electron chi connectivity index (χ1n) is 8.45. The van der Waals surface area contributed by atoms with Gasteiger partial charge in [-0.2, -0.15) is 0 Å². The van der Waals surface area contributed by atoms with Crippen LogP contribution in [0.25, 0.3) is 11.6 Å². The minimum Gasteiger partial charge on any atom is -0.497 e. The molecule has 0 radical (unpaired) electrons. The van der Waals surface area contributed by atoms with Gasteiger partial charge in [-0.1, -0.05) is 12.1 Å². The monoisotopic (exact) mass is 339 g/mol. The molecule has 1 aliphatic rings. The molecule has 0 saturated carbocycles. The highest BCUT2D eigenvalue weighted by Gasteiger charge is 2.25. The molecule has 130 valence electrons. The third-order valence-corrected chi connectivity index (χ3v) is 4.42. The first-order valence-corrected chi connectivity index (χ1v) is 8.45. The molecule has 3 heterocycles. The summed E-state index contributed by atoms with van der Waals surface area (Å²) in [7, 11) is 1.67. The van der Waals surface area contributed by atoms with Crippen LogP contribution in [0.5, 0.6) is 5.75 Å². The Morgan fingerprint density at radius 2 is 2.20 bits per heavy atom. The summed E-state index contributed by atoms with van der Waals surface area (Å²) in [6.07, 6.45) is 0.966. The Hall–Kier alpha value is -2.60. The van der Waals surface area contributed by atoms with Gasteiger partial charge in [0.2, 0.25) is 5.82 Å². The predicted molar refractivity (Wildman–Crippen MR) is 92.7 cm³/mol. The maximum atomic E-state index is 5.70. The molecule has 3 aromatic rings. The lowest BCUT2D eigenvalue weighted by atomic mass is 10.1. The largest absolute Gasteiger partial charge is 0.497 e. The van der Waals surface area contributed by atoms with Crippen molar-refractivity contribution in [3.63, 3.8) is 0 Å². The Balaban J connectivity index is 1.69. The number of furan rings is 1. The number of nitrogens with zero attached hydrogens (tertiary/aromatic N) is 3. The van der Waals surface area contributed by atoms with E-state index in [0.717, 1.165) is 35.9 Å². The summed E-state index contributed by atoms with van der Waals surface area (Å²) < 4.78 is 18.5. The maximum absolute atomic E-state index is 5.70. The van der Waals surface area contributed by atoms with Gasteiger partial charge in [-0.3, -0.25) is 0 Å². The SMILES string of the molecule is COc1cccc(Cn2nc(-c3ccc(C)o3)nc2[C@@H]2CCOC2)c1. The van der Waals surface area contributed by atoms with Gasteiger partial charge in [-0.25, -0.2) is 9.67 Å². The number of aromatic nitrogens is 3. The van der Waals surface area contributed by atoms with Crippen LogP contribution < -0.4 is 4.74 Å². The van der Waals surface area contributed by atoms with Gasteiger partial charge < -0.3 is 13.9 Å². The van der Waals surface area contributed by atoms with E-state index in [-0.39, 0.29) is 5.92 Å². The second-order valence-corrected chi connectivity index (χ2v) is 6.27. The van der Waals surface area contributed by atoms with Crippen LogP contribution in [0.15, 0.2) is 40.8 Å². The number of aryl methyl sites for hydroxylation is 1. The Labute approximate surface area is 146 Å². The summed E-state index contributed by atoms with van der Waals surface area (Å²) in [5, 5.41) is 4.70. The van der Waals surface area contributed by atoms with Crippen molar-refractivity contribution in [3.05, 3.63) is 53.5 Å². The highest BCUT2D eigenvalue weighted by molar-refractivity contribution is 5.46. The van der Waals surface area contributed by atoms with Crippen LogP contribution in [-0.4, -0.2) is 35.1 Å². The Kier molecular flexibility index (Phi) is 4.28. The van der Waals surface area contributed by atoms with Gasteiger partial charge in [0.1, 0.15) is 17.3 Å². The smallest absolute Gasteiger partial charge is 0.217 e. The van der Waals surface area contributed by atoms with Crippen LogP contribution in [0.3, 0.4) is 0 Å². The molecule has 1 aliphatic heterocycles. The van der Waals surface area contributed by atoms with Crippen molar-refractivity contribution >= 4 is 0 Å². The Morgan fingerprint density at radius 1 is 1.28 bits per heavy atom. The molecule has 0 amide bonds. The van der Waals surface area contributed by atoms with Gasteiger partial charge in [0.15, 0.2) is 5.76 Å². The average molecular weight is 339 g/mol. The fourth-order valence-corrected chi connectivity index (χ4v) is 3.11. The summed E-state index contributed by atoms with van der Waals surface area (Å²) in [6, 6.07) is 11.9. The second-order valence-electron chi connectivity index (χ2n) is 6.27. The zero-order valence-corrected chi connectivity index (χ0v) is 14.4. The van der Waals surface area contributed by atoms with E-state index in [1.165, 1.54) is 0 Å². The molecule has 1 aromatic carbocycles. The summed E-state index contributed by atoms with van der Waals surface area (Å²) in [5.74, 6) is 4.22. The Morgan fingerprint density at radius 3 is 2.92 bits per heavy atom. The lowest BCUT2D eigenvalue weighted by molar-refractivity contribution is 0.192. The molecule has 6 heteroatoms. The third kappa shape index (κ3) is 3.30. The Bertz CT molecular complexity index is 862. The molecule has 6 nitrogen and oxygen atoms in total. The summed E-state index contributed by atoms with van der Waals surface area (Å²) >= 11 is 0. The van der Waals surface area contributed by atoms with Gasteiger partial charge >= 0.3 is 0 Å². The molecule has 4 rings (SSSR count). The molecule has 0 spiro atoms. The van der Waals surface area contributed by atoms with E-state index in [2.05, 4.69) is 6.07 Å². The highest BCUT2D eigenvalue weighted by atomic mass is 16.5. The topological polar surface area (TPSA) is 62.3 Å². The number of ether oxygens (including phenoxy) is 2. The minimum atomic E-state index is 0.267. The van der Waals surface area contributed by atoms with Crippen LogP contribution in [0.1, 0.15) is 29.5 Å². The highest BCUT2D eigenvalue weighted by Crippen LogP contribution is 2.28. The normalized spacial score (nSPS) is 17.1. The van der Waals surface area contributed by atoms with E-state index in [9.17, 15) is 0 Å². The van der Waals surface area contributed by atoms with Gasteiger partial charge in [-0.15, -0.1) is 5.10 Å². The van der Waals surface area contributed by atoms with E-state index in [4.69, 9.17) is 24.0 Å². The van der Waals surface area contributed by atoms with Crippen molar-refractivity contribution < 1.29 is 13.9 Å². The molecule has 1 saturated heterocycles. The summed E-state index contributed by atoms with van der Waals surface area (Å²) in [5.41, 5.74) is 1.12. The number of benzene rings is 1. The van der Waals surface area contributed by atoms with Crippen molar-refractivity contribution in [1.82, 2.24) is 14.8 Å². The van der Waals surface area contributed by atoms with E-state index < -0.39 is 0 Å². The first-order chi connectivity index (χ1) is 12.2. The second kappa shape index (κ2) is 6.72. The van der Waals surface area contributed by atoms with Crippen molar-refractivity contribution in [2.45, 2.75) is 25.8 Å². The molecule has 0 unspecified atom stereocenters. The molecular weight excluding hydrogens is 318 g/mol. The number of methoxy groups -OCH3 is 1. The standard InChI is InChI=1S/C19H21N3O3/c1-13-6-7-17(25-13)18-20-19(15-8-9-24-12-15)22(21-18)11-14-4-3-5-16(10-14)23-2/h3-7,10,15H,8-9,11-12H2,1-2H3/t15-/m1/s1. The van der Waals surface area contributed by atoms with Gasteiger partial charge in [0.25, 0.3) is 0 Å². The van der Waals surface area contributed by atoms with Crippen LogP contribution in [0, 0.1) is 6.92 Å². The van der Waals surface area contributed by atoms with Gasteiger partial charge in [0, 0.05) is 12.5 Å². The van der Waals surface area contributed by atoms with Crippen LogP contribution in [-0.2, 0) is 11.3 Å². The van der Waals surface area contributed by atoms with E-state index >= 15 is 0 Å². The van der Waals surface area contributed by atoms with E-state index in [1.807, 2.05) is 41.9 Å². The van der Waals surface area contributed by atoms with Gasteiger partial charge in [0.05, 0.1) is 20.3 Å². The van der Waals surface area contributed by atoms with E-state index in [0.29, 0.717) is 24.7 Å². The molecular formula is C19H21N3O3. The number of hydrogen-bond donors (Lipinski definition) is 0. The molecule has 0 N–H and O–H groups in total. The van der Waals surface area contributed by atoms with Crippen molar-refractivity contribution in [2.75, 3.05) is 20.3 Å². The minimum absolute atomic E-state index is 0.267. The van der Waals surface area contributed by atoms with Crippen molar-refractivity contribution in [1.29, 1.82) is 0 Å². The summed E-state index contributed by atoms with van der Waals surface area (Å²) in [4.78, 5) is 4.76. The molecule has 1 fully saturated rings. The lowest BCUT2D eigenvalue weighted by Gasteiger charge is -2.10. The zero-order valence-electron chi connectivity index (χ0n) is 14.4. The quantitative estimate of drug-likeness (QED) is 0.713. The molecule has 1 atom stereocenters. The fraction of sp³-hybridized carbons (Fsp3) is 0.368. The fourth-order valence-electron chi connectivity index (χ4n) is 3.11. The predicted octanol–water partition coefficient (Wildman–Crippen LogP) is 3.41. The van der Waals surface area contributed by atoms with Crippen molar-refractivity contribution in [2.24, 2.45) is 0 Å². The summed E-state index contributed by atoms with van der Waals surface area (Å²) in [6.45, 7) is 4.01. The molecule has 25 heavy (non-hydrogen) atoms. The molecule has 0 aliphatic carbocycles. The van der Waals surface area contributed by atoms with E-state index in [1.54, 1.807) is 7.11 Å². The zero-order chi connectivity index (χ0) is 17.2. The lowest BCUT2D eigenvalue weighted by Crippen LogP contribution is -2.11. The molecule has 0 bridgehead atoms. The average Bonchev–Trinajstić information content (AvgIpc) is 3.35. The van der Waals surface area contributed by atoms with Crippen LogP contribution in [0.2, 0.25) is 0 Å². The number of hydrogen-bond acceptors (Lipinski definition) is 5. The number of rotatable bonds is 5. The van der Waals surface area contributed by atoms with Gasteiger partial charge in [-0.05, 0) is 43.2 Å². The van der Waals surface area contributed by atoms with Crippen LogP contribution in [0.4, 0.5) is 0 Å². The molecule has 2 aromatic heterocycles. The first kappa shape index (κ1) is 15.9.